The van der Waals surface area contributed by atoms with Gasteiger partial charge in [0.1, 0.15) is 17.1 Å². The fourth-order valence-corrected chi connectivity index (χ4v) is 3.42. The van der Waals surface area contributed by atoms with Crippen LogP contribution in [-0.4, -0.2) is 16.5 Å². The Morgan fingerprint density at radius 2 is 2.24 bits per heavy atom. The van der Waals surface area contributed by atoms with Gasteiger partial charge in [0.2, 0.25) is 0 Å². The number of hydrogen-bond donors (Lipinski definition) is 1. The zero-order chi connectivity index (χ0) is 15.2. The Hall–Kier alpha value is -2.03. The van der Waals surface area contributed by atoms with Crippen molar-refractivity contribution >= 4 is 11.4 Å². The number of phenolic OH excluding ortho intramolecular Hbond substituents is 1. The summed E-state index contributed by atoms with van der Waals surface area (Å²) in [5.41, 5.74) is 2.18. The van der Waals surface area contributed by atoms with Crippen molar-refractivity contribution in [2.75, 3.05) is 0 Å². The van der Waals surface area contributed by atoms with Crippen molar-refractivity contribution in [2.45, 2.75) is 38.7 Å². The number of phenols is 1. The van der Waals surface area contributed by atoms with Crippen LogP contribution in [-0.2, 0) is 11.2 Å². The van der Waals surface area contributed by atoms with Crippen LogP contribution in [0.15, 0.2) is 30.9 Å². The standard InChI is InChI=1S/C18H20O3/c1-4-5-11-8-15(20)17-13-10-12(19)6-7-14(13)18(2,3)21-16(17)9-11/h4,8-10,14,20H,1,5-7H2,2-3H3. The highest BCUT2D eigenvalue weighted by molar-refractivity contribution is 6.00. The molecule has 3 heteroatoms. The van der Waals surface area contributed by atoms with Crippen LogP contribution in [0.2, 0.25) is 0 Å². The Bertz CT molecular complexity index is 653. The molecule has 110 valence electrons. The molecule has 1 N–H and O–H groups in total. The van der Waals surface area contributed by atoms with E-state index in [4.69, 9.17) is 4.74 Å². The molecular weight excluding hydrogens is 264 g/mol. The summed E-state index contributed by atoms with van der Waals surface area (Å²) in [5.74, 6) is 1.11. The summed E-state index contributed by atoms with van der Waals surface area (Å²) in [6.07, 6.45) is 5.47. The summed E-state index contributed by atoms with van der Waals surface area (Å²) in [6.45, 7) is 7.81. The second-order valence-corrected chi connectivity index (χ2v) is 6.34. The Morgan fingerprint density at radius 1 is 1.48 bits per heavy atom. The van der Waals surface area contributed by atoms with Crippen LogP contribution in [0, 0.1) is 5.92 Å². The summed E-state index contributed by atoms with van der Waals surface area (Å²) in [6, 6.07) is 3.67. The average molecular weight is 284 g/mol. The van der Waals surface area contributed by atoms with Crippen LogP contribution in [0.5, 0.6) is 11.5 Å². The van der Waals surface area contributed by atoms with Gasteiger partial charge in [0.15, 0.2) is 5.78 Å². The fraction of sp³-hybridized carbons (Fsp3) is 0.389. The van der Waals surface area contributed by atoms with E-state index in [-0.39, 0.29) is 23.1 Å². The summed E-state index contributed by atoms with van der Waals surface area (Å²) in [5, 5.41) is 10.4. The first-order valence-electron chi connectivity index (χ1n) is 7.33. The number of carbonyl (C=O) groups excluding carboxylic acids is 1. The zero-order valence-electron chi connectivity index (χ0n) is 12.5. The van der Waals surface area contributed by atoms with Gasteiger partial charge in [-0.05, 0) is 56.0 Å². The number of hydrogen-bond acceptors (Lipinski definition) is 3. The molecule has 0 bridgehead atoms. The van der Waals surface area contributed by atoms with Crippen molar-refractivity contribution in [3.63, 3.8) is 0 Å². The van der Waals surface area contributed by atoms with Gasteiger partial charge < -0.3 is 9.84 Å². The number of allylic oxidation sites excluding steroid dienone is 2. The molecular formula is C18H20O3. The topological polar surface area (TPSA) is 46.5 Å². The van der Waals surface area contributed by atoms with E-state index in [0.717, 1.165) is 17.6 Å². The van der Waals surface area contributed by atoms with Crippen molar-refractivity contribution in [1.29, 1.82) is 0 Å². The quantitative estimate of drug-likeness (QED) is 0.843. The zero-order valence-corrected chi connectivity index (χ0v) is 12.5. The van der Waals surface area contributed by atoms with Crippen LogP contribution >= 0.6 is 0 Å². The lowest BCUT2D eigenvalue weighted by Gasteiger charge is -2.43. The molecule has 0 fully saturated rings. The molecule has 1 aromatic rings. The third-order valence-corrected chi connectivity index (χ3v) is 4.39. The molecule has 0 radical (unpaired) electrons. The maximum absolute atomic E-state index is 11.8. The van der Waals surface area contributed by atoms with E-state index in [1.807, 2.05) is 19.9 Å². The van der Waals surface area contributed by atoms with Gasteiger partial charge in [-0.1, -0.05) is 6.08 Å². The molecule has 3 rings (SSSR count). The van der Waals surface area contributed by atoms with Gasteiger partial charge >= 0.3 is 0 Å². The second-order valence-electron chi connectivity index (χ2n) is 6.34. The lowest BCUT2D eigenvalue weighted by molar-refractivity contribution is -0.115. The fourth-order valence-electron chi connectivity index (χ4n) is 3.42. The largest absolute Gasteiger partial charge is 0.507 e. The molecule has 1 atom stereocenters. The molecule has 1 aromatic carbocycles. The van der Waals surface area contributed by atoms with E-state index in [1.54, 1.807) is 18.2 Å². The van der Waals surface area contributed by atoms with E-state index < -0.39 is 0 Å². The molecule has 1 aliphatic carbocycles. The van der Waals surface area contributed by atoms with Crippen molar-refractivity contribution in [3.8, 4) is 11.5 Å². The number of carbonyl (C=O) groups is 1. The SMILES string of the molecule is C=CCc1cc(O)c2c(c1)OC(C)(C)C1CCC(=O)C=C21. The van der Waals surface area contributed by atoms with Gasteiger partial charge in [0.05, 0.1) is 5.56 Å². The first-order chi connectivity index (χ1) is 9.92. The lowest BCUT2D eigenvalue weighted by Crippen LogP contribution is -2.43. The summed E-state index contributed by atoms with van der Waals surface area (Å²) in [4.78, 5) is 11.8. The molecule has 3 nitrogen and oxygen atoms in total. The molecule has 21 heavy (non-hydrogen) atoms. The molecule has 1 unspecified atom stereocenters. The average Bonchev–Trinajstić information content (AvgIpc) is 2.37. The summed E-state index contributed by atoms with van der Waals surface area (Å²) >= 11 is 0. The first-order valence-corrected chi connectivity index (χ1v) is 7.33. The summed E-state index contributed by atoms with van der Waals surface area (Å²) in [7, 11) is 0. The molecule has 0 saturated heterocycles. The van der Waals surface area contributed by atoms with Crippen LogP contribution < -0.4 is 4.74 Å². The van der Waals surface area contributed by atoms with E-state index in [1.165, 1.54) is 0 Å². The van der Waals surface area contributed by atoms with Crippen molar-refractivity contribution in [2.24, 2.45) is 5.92 Å². The van der Waals surface area contributed by atoms with Crippen molar-refractivity contribution < 1.29 is 14.6 Å². The Kier molecular flexibility index (Phi) is 3.16. The second kappa shape index (κ2) is 4.76. The van der Waals surface area contributed by atoms with Gasteiger partial charge in [-0.3, -0.25) is 4.79 Å². The highest BCUT2D eigenvalue weighted by Crippen LogP contribution is 2.51. The number of aromatic hydroxyl groups is 1. The predicted octanol–water partition coefficient (Wildman–Crippen LogP) is 3.65. The maximum atomic E-state index is 11.8. The van der Waals surface area contributed by atoms with Crippen molar-refractivity contribution in [1.82, 2.24) is 0 Å². The molecule has 0 spiro atoms. The Labute approximate surface area is 124 Å². The lowest BCUT2D eigenvalue weighted by atomic mass is 9.72. The number of fused-ring (bicyclic) bond motifs is 3. The van der Waals surface area contributed by atoms with Gasteiger partial charge in [0.25, 0.3) is 0 Å². The molecule has 0 amide bonds. The number of ketones is 1. The highest BCUT2D eigenvalue weighted by Gasteiger charge is 2.43. The van der Waals surface area contributed by atoms with Gasteiger partial charge in [-0.15, -0.1) is 6.58 Å². The number of benzene rings is 1. The monoisotopic (exact) mass is 284 g/mol. The maximum Gasteiger partial charge on any atom is 0.156 e. The normalized spacial score (nSPS) is 22.7. The van der Waals surface area contributed by atoms with Gasteiger partial charge in [-0.25, -0.2) is 0 Å². The van der Waals surface area contributed by atoms with Gasteiger partial charge in [0, 0.05) is 12.3 Å². The smallest absolute Gasteiger partial charge is 0.156 e. The number of ether oxygens (including phenoxy) is 1. The van der Waals surface area contributed by atoms with Gasteiger partial charge in [-0.2, -0.15) is 0 Å². The first kappa shape index (κ1) is 13.9. The van der Waals surface area contributed by atoms with Crippen LogP contribution in [0.4, 0.5) is 0 Å². The minimum atomic E-state index is -0.376. The molecule has 1 heterocycles. The molecule has 1 aliphatic heterocycles. The minimum absolute atomic E-state index is 0.125. The number of rotatable bonds is 2. The molecule has 0 saturated carbocycles. The van der Waals surface area contributed by atoms with Crippen molar-refractivity contribution in [3.05, 3.63) is 42.0 Å². The van der Waals surface area contributed by atoms with E-state index in [9.17, 15) is 9.90 Å². The van der Waals surface area contributed by atoms with Crippen LogP contribution in [0.1, 0.15) is 37.8 Å². The summed E-state index contributed by atoms with van der Waals surface area (Å²) < 4.78 is 6.15. The third kappa shape index (κ3) is 2.27. The van der Waals surface area contributed by atoms with Crippen LogP contribution in [0.3, 0.4) is 0 Å². The van der Waals surface area contributed by atoms with Crippen LogP contribution in [0.25, 0.3) is 5.57 Å². The third-order valence-electron chi connectivity index (χ3n) is 4.39. The van der Waals surface area contributed by atoms with E-state index >= 15 is 0 Å². The van der Waals surface area contributed by atoms with E-state index in [2.05, 4.69) is 6.58 Å². The Balaban J connectivity index is 2.20. The minimum Gasteiger partial charge on any atom is -0.507 e. The van der Waals surface area contributed by atoms with E-state index in [0.29, 0.717) is 24.2 Å². The molecule has 0 aromatic heterocycles. The highest BCUT2D eigenvalue weighted by atomic mass is 16.5. The predicted molar refractivity (Wildman–Crippen MR) is 82.4 cm³/mol. The Morgan fingerprint density at radius 3 is 2.95 bits per heavy atom. The molecule has 2 aliphatic rings.